The van der Waals surface area contributed by atoms with Crippen LogP contribution in [0.4, 0.5) is 13.2 Å². The molecule has 2 atom stereocenters. The third kappa shape index (κ3) is 1.67. The van der Waals surface area contributed by atoms with Crippen molar-refractivity contribution < 1.29 is 22.7 Å². The van der Waals surface area contributed by atoms with Crippen molar-refractivity contribution in [1.82, 2.24) is 5.32 Å². The van der Waals surface area contributed by atoms with Gasteiger partial charge < -0.3 is 10.1 Å². The van der Waals surface area contributed by atoms with Crippen molar-refractivity contribution in [2.45, 2.75) is 38.1 Å². The lowest BCUT2D eigenvalue weighted by Gasteiger charge is -2.23. The van der Waals surface area contributed by atoms with Crippen molar-refractivity contribution in [3.63, 3.8) is 0 Å². The Labute approximate surface area is 103 Å². The first kappa shape index (κ1) is 13.1. The minimum Gasteiger partial charge on any atom is -0.352 e. The van der Waals surface area contributed by atoms with E-state index in [0.29, 0.717) is 0 Å². The van der Waals surface area contributed by atoms with E-state index < -0.39 is 28.9 Å². The van der Waals surface area contributed by atoms with Gasteiger partial charge in [-0.1, -0.05) is 0 Å². The first-order chi connectivity index (χ1) is 8.14. The Morgan fingerprint density at radius 3 is 2.39 bits per heavy atom. The van der Waals surface area contributed by atoms with Gasteiger partial charge in [0.25, 0.3) is 5.91 Å². The van der Waals surface area contributed by atoms with E-state index in [9.17, 15) is 18.0 Å². The monoisotopic (exact) mass is 261 g/mol. The van der Waals surface area contributed by atoms with Crippen LogP contribution in [0.5, 0.6) is 0 Å². The van der Waals surface area contributed by atoms with Gasteiger partial charge in [-0.3, -0.25) is 4.79 Å². The van der Waals surface area contributed by atoms with Crippen molar-refractivity contribution in [2.24, 2.45) is 0 Å². The summed E-state index contributed by atoms with van der Waals surface area (Å²) in [7, 11) is 0. The number of carbonyl (C=O) groups is 1. The number of alkyl halides is 3. The highest BCUT2D eigenvalue weighted by Crippen LogP contribution is 2.54. The van der Waals surface area contributed by atoms with E-state index in [1.54, 1.807) is 6.92 Å². The molecule has 2 heterocycles. The molecule has 0 aliphatic carbocycles. The molecule has 2 bridgehead atoms. The first-order valence-corrected chi connectivity index (χ1v) is 5.65. The molecule has 0 spiro atoms. The van der Waals surface area contributed by atoms with Crippen molar-refractivity contribution >= 4 is 5.91 Å². The molecule has 2 aliphatic heterocycles. The average molecular weight is 261 g/mol. The molecule has 100 valence electrons. The van der Waals surface area contributed by atoms with Gasteiger partial charge >= 0.3 is 6.18 Å². The molecule has 3 nitrogen and oxygen atoms in total. The van der Waals surface area contributed by atoms with Crippen LogP contribution in [-0.2, 0) is 9.53 Å². The summed E-state index contributed by atoms with van der Waals surface area (Å²) in [5.74, 6) is -0.722. The van der Waals surface area contributed by atoms with Crippen LogP contribution in [0.1, 0.15) is 20.8 Å². The van der Waals surface area contributed by atoms with E-state index in [1.165, 1.54) is 26.0 Å². The quantitative estimate of drug-likeness (QED) is 0.773. The summed E-state index contributed by atoms with van der Waals surface area (Å²) in [4.78, 5) is 11.9. The molecule has 2 unspecified atom stereocenters. The molecule has 0 radical (unpaired) electrons. The van der Waals surface area contributed by atoms with E-state index in [1.807, 2.05) is 0 Å². The van der Waals surface area contributed by atoms with E-state index in [-0.39, 0.29) is 12.1 Å². The van der Waals surface area contributed by atoms with Gasteiger partial charge in [0.05, 0.1) is 11.1 Å². The summed E-state index contributed by atoms with van der Waals surface area (Å²) in [5.41, 5.74) is -4.08. The molecule has 0 fully saturated rings. The van der Waals surface area contributed by atoms with Crippen LogP contribution >= 0.6 is 0 Å². The Hall–Kier alpha value is -1.30. The molecular weight excluding hydrogens is 247 g/mol. The van der Waals surface area contributed by atoms with Gasteiger partial charge in [0, 0.05) is 6.54 Å². The van der Waals surface area contributed by atoms with Crippen LogP contribution in [0.15, 0.2) is 23.3 Å². The SMILES string of the molecule is CCNC(=O)C1=C(C(F)(F)F)C2(C)C=CC1(C)O2. The van der Waals surface area contributed by atoms with Gasteiger partial charge in [-0.15, -0.1) is 0 Å². The van der Waals surface area contributed by atoms with Gasteiger partial charge in [0.1, 0.15) is 11.2 Å². The highest BCUT2D eigenvalue weighted by atomic mass is 19.4. The zero-order valence-electron chi connectivity index (χ0n) is 10.3. The Kier molecular flexibility index (Phi) is 2.63. The van der Waals surface area contributed by atoms with Crippen LogP contribution in [0.3, 0.4) is 0 Å². The van der Waals surface area contributed by atoms with Crippen LogP contribution in [0, 0.1) is 0 Å². The smallest absolute Gasteiger partial charge is 0.352 e. The fourth-order valence-electron chi connectivity index (χ4n) is 2.60. The van der Waals surface area contributed by atoms with Crippen molar-refractivity contribution in [2.75, 3.05) is 6.54 Å². The summed E-state index contributed by atoms with van der Waals surface area (Å²) in [6.45, 7) is 4.71. The number of fused-ring (bicyclic) bond motifs is 2. The van der Waals surface area contributed by atoms with E-state index in [4.69, 9.17) is 4.74 Å². The molecule has 6 heteroatoms. The summed E-state index contributed by atoms with van der Waals surface area (Å²) in [6, 6.07) is 0. The molecular formula is C12H14F3NO2. The Morgan fingerprint density at radius 1 is 1.33 bits per heavy atom. The van der Waals surface area contributed by atoms with Crippen LogP contribution in [0.25, 0.3) is 0 Å². The zero-order valence-corrected chi connectivity index (χ0v) is 10.3. The molecule has 2 rings (SSSR count). The summed E-state index contributed by atoms with van der Waals surface area (Å²) < 4.78 is 44.8. The fraction of sp³-hybridized carbons (Fsp3) is 0.583. The van der Waals surface area contributed by atoms with Gasteiger partial charge in [0.15, 0.2) is 0 Å². The maximum atomic E-state index is 13.1. The summed E-state index contributed by atoms with van der Waals surface area (Å²) >= 11 is 0. The van der Waals surface area contributed by atoms with Crippen molar-refractivity contribution in [3.05, 3.63) is 23.3 Å². The van der Waals surface area contributed by atoms with Crippen molar-refractivity contribution in [3.8, 4) is 0 Å². The predicted molar refractivity (Wildman–Crippen MR) is 58.8 cm³/mol. The number of amides is 1. The maximum Gasteiger partial charge on any atom is 0.416 e. The maximum absolute atomic E-state index is 13.1. The number of nitrogens with one attached hydrogen (secondary N) is 1. The van der Waals surface area contributed by atoms with Crippen LogP contribution in [-0.4, -0.2) is 29.8 Å². The standard InChI is InChI=1S/C12H14F3NO2/c1-4-16-9(17)7-8(12(13,14)15)11(3)6-5-10(7,2)18-11/h5-6H,4H2,1-3H3,(H,16,17). The number of halogens is 3. The van der Waals surface area contributed by atoms with Gasteiger partial charge in [0.2, 0.25) is 0 Å². The van der Waals surface area contributed by atoms with Gasteiger partial charge in [-0.25, -0.2) is 0 Å². The Morgan fingerprint density at radius 2 is 1.89 bits per heavy atom. The molecule has 0 saturated heterocycles. The highest BCUT2D eigenvalue weighted by molar-refractivity contribution is 5.98. The minimum atomic E-state index is -4.59. The lowest BCUT2D eigenvalue weighted by molar-refractivity contribution is -0.120. The second-order valence-corrected chi connectivity index (χ2v) is 4.76. The number of ether oxygens (including phenoxy) is 1. The average Bonchev–Trinajstić information content (AvgIpc) is 2.62. The largest absolute Gasteiger partial charge is 0.416 e. The Balaban J connectivity index is 2.58. The zero-order chi connectivity index (χ0) is 13.8. The normalized spacial score (nSPS) is 34.3. The molecule has 1 N–H and O–H groups in total. The minimum absolute atomic E-state index is 0.268. The third-order valence-corrected chi connectivity index (χ3v) is 3.23. The number of likely N-dealkylation sites (N-methyl/N-ethyl adjacent to an activating group) is 1. The van der Waals surface area contributed by atoms with E-state index >= 15 is 0 Å². The second-order valence-electron chi connectivity index (χ2n) is 4.76. The molecule has 18 heavy (non-hydrogen) atoms. The second kappa shape index (κ2) is 3.60. The number of hydrogen-bond donors (Lipinski definition) is 1. The number of carbonyl (C=O) groups excluding carboxylic acids is 1. The topological polar surface area (TPSA) is 38.3 Å². The van der Waals surface area contributed by atoms with Gasteiger partial charge in [-0.2, -0.15) is 13.2 Å². The lowest BCUT2D eigenvalue weighted by Crippen LogP contribution is -2.37. The first-order valence-electron chi connectivity index (χ1n) is 5.65. The van der Waals surface area contributed by atoms with Crippen molar-refractivity contribution in [1.29, 1.82) is 0 Å². The predicted octanol–water partition coefficient (Wildman–Crippen LogP) is 2.10. The molecule has 0 aromatic carbocycles. The summed E-state index contributed by atoms with van der Waals surface area (Å²) in [5, 5.41) is 2.41. The lowest BCUT2D eigenvalue weighted by atomic mass is 9.82. The summed E-state index contributed by atoms with van der Waals surface area (Å²) in [6.07, 6.45) is -1.72. The Bertz CT molecular complexity index is 466. The molecule has 0 aromatic rings. The highest BCUT2D eigenvalue weighted by Gasteiger charge is 2.62. The number of rotatable bonds is 2. The van der Waals surface area contributed by atoms with Crippen LogP contribution in [0.2, 0.25) is 0 Å². The fourth-order valence-corrected chi connectivity index (χ4v) is 2.60. The molecule has 2 aliphatic rings. The van der Waals surface area contributed by atoms with Gasteiger partial charge in [-0.05, 0) is 32.9 Å². The molecule has 0 saturated carbocycles. The number of hydrogen-bond acceptors (Lipinski definition) is 2. The van der Waals surface area contributed by atoms with E-state index in [0.717, 1.165) is 0 Å². The third-order valence-electron chi connectivity index (χ3n) is 3.23. The van der Waals surface area contributed by atoms with E-state index in [2.05, 4.69) is 5.32 Å². The van der Waals surface area contributed by atoms with Crippen LogP contribution < -0.4 is 5.32 Å². The molecule has 0 aromatic heterocycles. The molecule has 1 amide bonds.